The van der Waals surface area contributed by atoms with Crippen molar-refractivity contribution in [2.24, 2.45) is 10.9 Å². The molecule has 0 N–H and O–H groups in total. The van der Waals surface area contributed by atoms with Gasteiger partial charge in [0.05, 0.1) is 22.8 Å². The Labute approximate surface area is 371 Å². The van der Waals surface area contributed by atoms with Gasteiger partial charge >= 0.3 is 0 Å². The first-order chi connectivity index (χ1) is 31.4. The average Bonchev–Trinajstić information content (AvgIpc) is 4.03. The Morgan fingerprint density at radius 3 is 1.91 bits per heavy atom. The monoisotopic (exact) mass is 826 g/mol. The van der Waals surface area contributed by atoms with Crippen molar-refractivity contribution in [2.75, 3.05) is 0 Å². The van der Waals surface area contributed by atoms with E-state index in [0.29, 0.717) is 0 Å². The number of hydrogen-bond acceptors (Lipinski definition) is 3. The lowest BCUT2D eigenvalue weighted by Gasteiger charge is -2.24. The highest BCUT2D eigenvalue weighted by Gasteiger charge is 2.27. The van der Waals surface area contributed by atoms with Crippen molar-refractivity contribution < 1.29 is 8.83 Å². The molecule has 9 aromatic carbocycles. The molecule has 0 spiro atoms. The summed E-state index contributed by atoms with van der Waals surface area (Å²) in [5.74, 6) is 0.167. The van der Waals surface area contributed by atoms with E-state index in [-0.39, 0.29) is 12.0 Å². The van der Waals surface area contributed by atoms with Crippen LogP contribution < -0.4 is 0 Å². The molecular weight excluding hydrogens is 781 g/mol. The molecule has 4 nitrogen and oxygen atoms in total. The minimum atomic E-state index is -0.251. The molecule has 0 aliphatic rings. The summed E-state index contributed by atoms with van der Waals surface area (Å²) >= 11 is 0. The van der Waals surface area contributed by atoms with Crippen molar-refractivity contribution in [2.45, 2.75) is 40.2 Å². The number of rotatable bonds is 8. The highest BCUT2D eigenvalue weighted by atomic mass is 16.3. The lowest BCUT2D eigenvalue weighted by molar-refractivity contribution is 0.457. The number of para-hydroxylation sites is 3. The van der Waals surface area contributed by atoms with Crippen molar-refractivity contribution in [1.82, 2.24) is 4.57 Å². The van der Waals surface area contributed by atoms with Crippen LogP contribution in [0.4, 0.5) is 0 Å². The number of nitrogens with zero attached hydrogens (tertiary/aromatic N) is 2. The number of benzene rings is 9. The molecular formula is C60H46N2O2. The number of aliphatic imine (C=N–C) groups is 1. The van der Waals surface area contributed by atoms with Gasteiger partial charge in [0.15, 0.2) is 0 Å². The standard InChI is InChI=1S/C60H46N2O2/c1-5-36(2)56(61-57(40-19-7-6-8-20-40)38(4)37(3)44-26-17-27-49-46-24-13-15-28-54(46)63-59(44)49)52-35-43(34-51-47-25-14-16-29-55(47)64-60(51)52)62-53-33-42-22-10-9-21-41(42)32-50(53)48-31-30-39-18-11-12-23-45(39)58(48)62/h6-36,56H,5H2,1-4H3/b38-37+,61-57+. The molecule has 0 aliphatic heterocycles. The van der Waals surface area contributed by atoms with Crippen LogP contribution in [0.15, 0.2) is 201 Å². The third-order valence-corrected chi connectivity index (χ3v) is 13.8. The maximum Gasteiger partial charge on any atom is 0.142 e. The molecule has 4 heteroatoms. The van der Waals surface area contributed by atoms with Crippen LogP contribution in [-0.4, -0.2) is 10.3 Å². The first kappa shape index (κ1) is 38.0. The molecule has 0 saturated carbocycles. The molecule has 2 atom stereocenters. The molecule has 3 aromatic heterocycles. The molecule has 64 heavy (non-hydrogen) atoms. The van der Waals surface area contributed by atoms with E-state index < -0.39 is 0 Å². The van der Waals surface area contributed by atoms with E-state index in [1.165, 1.54) is 43.4 Å². The van der Waals surface area contributed by atoms with Crippen molar-refractivity contribution in [3.05, 3.63) is 204 Å². The van der Waals surface area contributed by atoms with Crippen molar-refractivity contribution in [1.29, 1.82) is 0 Å². The quantitative estimate of drug-likeness (QED) is 0.143. The topological polar surface area (TPSA) is 43.6 Å². The molecule has 12 aromatic rings. The van der Waals surface area contributed by atoms with Gasteiger partial charge in [-0.3, -0.25) is 4.99 Å². The molecule has 0 fully saturated rings. The van der Waals surface area contributed by atoms with E-state index in [9.17, 15) is 0 Å². The Bertz CT molecular complexity index is 3880. The number of hydrogen-bond donors (Lipinski definition) is 0. The highest BCUT2D eigenvalue weighted by molar-refractivity contribution is 6.21. The first-order valence-corrected chi connectivity index (χ1v) is 22.5. The summed E-state index contributed by atoms with van der Waals surface area (Å²) in [5, 5.41) is 11.8. The van der Waals surface area contributed by atoms with Crippen LogP contribution in [0.3, 0.4) is 0 Å². The summed E-state index contributed by atoms with van der Waals surface area (Å²) in [7, 11) is 0. The second-order valence-corrected chi connectivity index (χ2v) is 17.4. The fourth-order valence-corrected chi connectivity index (χ4v) is 10.2. The Balaban J connectivity index is 1.16. The smallest absolute Gasteiger partial charge is 0.142 e. The van der Waals surface area contributed by atoms with Crippen LogP contribution in [-0.2, 0) is 0 Å². The van der Waals surface area contributed by atoms with Gasteiger partial charge in [0.25, 0.3) is 0 Å². The minimum Gasteiger partial charge on any atom is -0.456 e. The lowest BCUT2D eigenvalue weighted by atomic mass is 9.89. The second kappa shape index (κ2) is 15.0. The largest absolute Gasteiger partial charge is 0.456 e. The molecule has 308 valence electrons. The number of furan rings is 2. The van der Waals surface area contributed by atoms with Crippen LogP contribution in [0, 0.1) is 5.92 Å². The third kappa shape index (κ3) is 5.93. The summed E-state index contributed by atoms with van der Waals surface area (Å²) in [4.78, 5) is 5.97. The predicted molar refractivity (Wildman–Crippen MR) is 270 cm³/mol. The van der Waals surface area contributed by atoms with Crippen LogP contribution in [0.1, 0.15) is 56.8 Å². The Kier molecular flexibility index (Phi) is 8.91. The maximum atomic E-state index is 6.97. The summed E-state index contributed by atoms with van der Waals surface area (Å²) in [5.41, 5.74) is 13.4. The van der Waals surface area contributed by atoms with Crippen molar-refractivity contribution in [3.63, 3.8) is 0 Å². The van der Waals surface area contributed by atoms with Gasteiger partial charge in [0.2, 0.25) is 0 Å². The summed E-state index contributed by atoms with van der Waals surface area (Å²) in [6, 6.07) is 65.2. The third-order valence-electron chi connectivity index (χ3n) is 13.8. The van der Waals surface area contributed by atoms with Gasteiger partial charge in [-0.25, -0.2) is 0 Å². The van der Waals surface area contributed by atoms with E-state index in [1.54, 1.807) is 0 Å². The minimum absolute atomic E-state index is 0.167. The Morgan fingerprint density at radius 1 is 0.531 bits per heavy atom. The lowest BCUT2D eigenvalue weighted by Crippen LogP contribution is -2.14. The fourth-order valence-electron chi connectivity index (χ4n) is 10.2. The average molecular weight is 827 g/mol. The van der Waals surface area contributed by atoms with E-state index in [0.717, 1.165) is 89.5 Å². The van der Waals surface area contributed by atoms with Crippen LogP contribution in [0.5, 0.6) is 0 Å². The molecule has 0 saturated heterocycles. The van der Waals surface area contributed by atoms with Gasteiger partial charge in [0.1, 0.15) is 22.3 Å². The zero-order chi connectivity index (χ0) is 43.1. The van der Waals surface area contributed by atoms with E-state index in [2.05, 4.69) is 208 Å². The zero-order valence-electron chi connectivity index (χ0n) is 36.4. The molecule has 0 radical (unpaired) electrons. The molecule has 0 aliphatic carbocycles. The second-order valence-electron chi connectivity index (χ2n) is 17.4. The van der Waals surface area contributed by atoms with Gasteiger partial charge in [-0.05, 0) is 89.0 Å². The van der Waals surface area contributed by atoms with E-state index in [1.807, 2.05) is 6.07 Å². The normalized spacial score (nSPS) is 13.9. The van der Waals surface area contributed by atoms with E-state index in [4.69, 9.17) is 13.8 Å². The number of fused-ring (bicyclic) bond motifs is 12. The van der Waals surface area contributed by atoms with Gasteiger partial charge in [-0.1, -0.05) is 166 Å². The highest BCUT2D eigenvalue weighted by Crippen LogP contribution is 2.44. The molecule has 2 unspecified atom stereocenters. The summed E-state index contributed by atoms with van der Waals surface area (Å²) in [6.07, 6.45) is 0.925. The predicted octanol–water partition coefficient (Wildman–Crippen LogP) is 17.0. The molecule has 0 bridgehead atoms. The number of allylic oxidation sites excluding steroid dienone is 2. The van der Waals surface area contributed by atoms with Crippen LogP contribution in [0.25, 0.3) is 98.5 Å². The molecule has 0 amide bonds. The van der Waals surface area contributed by atoms with Gasteiger partial charge in [0, 0.05) is 54.5 Å². The first-order valence-electron chi connectivity index (χ1n) is 22.5. The van der Waals surface area contributed by atoms with Crippen molar-refractivity contribution in [3.8, 4) is 5.69 Å². The zero-order valence-corrected chi connectivity index (χ0v) is 36.4. The summed E-state index contributed by atoms with van der Waals surface area (Å²) in [6.45, 7) is 9.04. The van der Waals surface area contributed by atoms with E-state index >= 15 is 0 Å². The Morgan fingerprint density at radius 2 is 1.16 bits per heavy atom. The Hall–Kier alpha value is -7.69. The van der Waals surface area contributed by atoms with Gasteiger partial charge in [-0.2, -0.15) is 0 Å². The fraction of sp³-hybridized carbons (Fsp3) is 0.117. The van der Waals surface area contributed by atoms with Crippen LogP contribution in [0.2, 0.25) is 0 Å². The van der Waals surface area contributed by atoms with Crippen molar-refractivity contribution >= 4 is 98.5 Å². The molecule has 3 heterocycles. The molecule has 12 rings (SSSR count). The van der Waals surface area contributed by atoms with Crippen LogP contribution >= 0.6 is 0 Å². The maximum absolute atomic E-state index is 6.97. The van der Waals surface area contributed by atoms with Gasteiger partial charge < -0.3 is 13.4 Å². The summed E-state index contributed by atoms with van der Waals surface area (Å²) < 4.78 is 16.1. The SMILES string of the molecule is CCC(C)C(/N=C(\C(C)=C(/C)c1cccc2c1oc1ccccc12)c1ccccc1)c1cc(-n2c3cc4ccccc4cc3c3ccc4ccccc4c32)cc2c1oc1ccccc12. The van der Waals surface area contributed by atoms with Gasteiger partial charge in [-0.15, -0.1) is 0 Å². The number of aromatic nitrogens is 1.